The molecule has 19 heavy (non-hydrogen) atoms. The highest BCUT2D eigenvalue weighted by Crippen LogP contribution is 2.54. The van der Waals surface area contributed by atoms with Crippen LogP contribution in [0.5, 0.6) is 0 Å². The van der Waals surface area contributed by atoms with Gasteiger partial charge in [0.1, 0.15) is 0 Å². The van der Waals surface area contributed by atoms with E-state index in [4.69, 9.17) is 9.47 Å². The Morgan fingerprint density at radius 3 is 2.79 bits per heavy atom. The van der Waals surface area contributed by atoms with Crippen molar-refractivity contribution < 1.29 is 9.47 Å². The van der Waals surface area contributed by atoms with E-state index in [9.17, 15) is 0 Å². The molecule has 2 atom stereocenters. The third-order valence-corrected chi connectivity index (χ3v) is 4.79. The summed E-state index contributed by atoms with van der Waals surface area (Å²) in [7, 11) is 0. The molecule has 0 saturated heterocycles. The number of hydrogen-bond acceptors (Lipinski definition) is 3. The normalized spacial score (nSPS) is 28.5. The second-order valence-corrected chi connectivity index (χ2v) is 5.82. The van der Waals surface area contributed by atoms with Gasteiger partial charge in [0.05, 0.1) is 19.3 Å². The molecule has 0 radical (unpaired) electrons. The first-order chi connectivity index (χ1) is 9.33. The van der Waals surface area contributed by atoms with Gasteiger partial charge in [0, 0.05) is 24.6 Å². The first kappa shape index (κ1) is 15.0. The van der Waals surface area contributed by atoms with Crippen molar-refractivity contribution in [1.82, 2.24) is 5.32 Å². The van der Waals surface area contributed by atoms with Gasteiger partial charge in [0.25, 0.3) is 0 Å². The van der Waals surface area contributed by atoms with E-state index in [-0.39, 0.29) is 0 Å². The van der Waals surface area contributed by atoms with Crippen molar-refractivity contribution in [3.63, 3.8) is 0 Å². The van der Waals surface area contributed by atoms with E-state index in [1.807, 2.05) is 6.08 Å². The molecule has 0 aromatic carbocycles. The first-order valence-corrected chi connectivity index (χ1v) is 7.87. The SMILES string of the molecule is C=CCCOCCNC1CC(OCC)C12CCCC2. The largest absolute Gasteiger partial charge is 0.380 e. The van der Waals surface area contributed by atoms with Crippen LogP contribution in [-0.2, 0) is 9.47 Å². The molecule has 0 aliphatic heterocycles. The van der Waals surface area contributed by atoms with Crippen molar-refractivity contribution in [2.45, 2.75) is 57.6 Å². The molecular formula is C16H29NO2. The Bertz CT molecular complexity index is 274. The molecule has 3 heteroatoms. The second kappa shape index (κ2) is 7.41. The topological polar surface area (TPSA) is 30.5 Å². The number of nitrogens with one attached hydrogen (secondary N) is 1. The lowest BCUT2D eigenvalue weighted by molar-refractivity contribution is -0.130. The van der Waals surface area contributed by atoms with Crippen LogP contribution in [0.15, 0.2) is 12.7 Å². The van der Waals surface area contributed by atoms with Crippen molar-refractivity contribution in [2.75, 3.05) is 26.4 Å². The van der Waals surface area contributed by atoms with E-state index in [2.05, 4.69) is 18.8 Å². The van der Waals surface area contributed by atoms with Gasteiger partial charge in [0.15, 0.2) is 0 Å². The molecule has 0 bridgehead atoms. The Morgan fingerprint density at radius 2 is 2.11 bits per heavy atom. The van der Waals surface area contributed by atoms with Crippen LogP contribution in [0.4, 0.5) is 0 Å². The highest BCUT2D eigenvalue weighted by molar-refractivity contribution is 5.09. The summed E-state index contributed by atoms with van der Waals surface area (Å²) < 4.78 is 11.5. The minimum absolute atomic E-state index is 0.442. The van der Waals surface area contributed by atoms with E-state index in [0.29, 0.717) is 17.6 Å². The summed E-state index contributed by atoms with van der Waals surface area (Å²) in [6.45, 7) is 9.21. The molecule has 2 aliphatic rings. The Morgan fingerprint density at radius 1 is 1.32 bits per heavy atom. The second-order valence-electron chi connectivity index (χ2n) is 5.82. The highest BCUT2D eigenvalue weighted by Gasteiger charge is 2.56. The van der Waals surface area contributed by atoms with E-state index >= 15 is 0 Å². The summed E-state index contributed by atoms with van der Waals surface area (Å²) in [6, 6.07) is 0.648. The third-order valence-electron chi connectivity index (χ3n) is 4.79. The lowest BCUT2D eigenvalue weighted by Crippen LogP contribution is -2.63. The van der Waals surface area contributed by atoms with Crippen LogP contribution in [0.2, 0.25) is 0 Å². The van der Waals surface area contributed by atoms with Crippen molar-refractivity contribution in [2.24, 2.45) is 5.41 Å². The Labute approximate surface area is 117 Å². The van der Waals surface area contributed by atoms with E-state index < -0.39 is 0 Å². The summed E-state index contributed by atoms with van der Waals surface area (Å²) >= 11 is 0. The van der Waals surface area contributed by atoms with Crippen molar-refractivity contribution in [1.29, 1.82) is 0 Å². The molecule has 2 fully saturated rings. The quantitative estimate of drug-likeness (QED) is 0.515. The number of hydrogen-bond donors (Lipinski definition) is 1. The van der Waals surface area contributed by atoms with Crippen LogP contribution in [0.1, 0.15) is 45.4 Å². The Balaban J connectivity index is 1.68. The fraction of sp³-hybridized carbons (Fsp3) is 0.875. The fourth-order valence-corrected chi connectivity index (χ4v) is 3.75. The summed E-state index contributed by atoms with van der Waals surface area (Å²) in [5.74, 6) is 0. The monoisotopic (exact) mass is 267 g/mol. The number of ether oxygens (including phenoxy) is 2. The molecule has 2 rings (SSSR count). The van der Waals surface area contributed by atoms with Crippen molar-refractivity contribution in [3.8, 4) is 0 Å². The van der Waals surface area contributed by atoms with Gasteiger partial charge in [0.2, 0.25) is 0 Å². The molecule has 0 amide bonds. The molecule has 0 heterocycles. The summed E-state index contributed by atoms with van der Waals surface area (Å²) in [6.07, 6.45) is 9.95. The first-order valence-electron chi connectivity index (χ1n) is 7.87. The zero-order chi connectivity index (χ0) is 13.6. The predicted molar refractivity (Wildman–Crippen MR) is 78.4 cm³/mol. The highest BCUT2D eigenvalue weighted by atomic mass is 16.5. The van der Waals surface area contributed by atoms with Gasteiger partial charge in [-0.25, -0.2) is 0 Å². The minimum Gasteiger partial charge on any atom is -0.380 e. The van der Waals surface area contributed by atoms with Gasteiger partial charge < -0.3 is 14.8 Å². The maximum absolute atomic E-state index is 5.92. The third kappa shape index (κ3) is 3.39. The van der Waals surface area contributed by atoms with Crippen LogP contribution >= 0.6 is 0 Å². The molecule has 1 spiro atoms. The van der Waals surface area contributed by atoms with Crippen LogP contribution in [0.25, 0.3) is 0 Å². The summed E-state index contributed by atoms with van der Waals surface area (Å²) in [5, 5.41) is 3.69. The molecule has 2 unspecified atom stereocenters. The van der Waals surface area contributed by atoms with Crippen LogP contribution in [-0.4, -0.2) is 38.5 Å². The molecule has 0 aromatic rings. The number of rotatable bonds is 9. The average molecular weight is 267 g/mol. The van der Waals surface area contributed by atoms with E-state index in [1.165, 1.54) is 32.1 Å². The zero-order valence-electron chi connectivity index (χ0n) is 12.3. The fourth-order valence-electron chi connectivity index (χ4n) is 3.75. The lowest BCUT2D eigenvalue weighted by atomic mass is 9.60. The molecule has 110 valence electrons. The van der Waals surface area contributed by atoms with E-state index in [1.54, 1.807) is 0 Å². The summed E-state index contributed by atoms with van der Waals surface area (Å²) in [5.41, 5.74) is 0.442. The molecule has 2 aliphatic carbocycles. The smallest absolute Gasteiger partial charge is 0.0661 e. The van der Waals surface area contributed by atoms with E-state index in [0.717, 1.165) is 32.8 Å². The Hall–Kier alpha value is -0.380. The average Bonchev–Trinajstić information content (AvgIpc) is 2.92. The van der Waals surface area contributed by atoms with Gasteiger partial charge in [-0.15, -0.1) is 6.58 Å². The van der Waals surface area contributed by atoms with Crippen molar-refractivity contribution >= 4 is 0 Å². The Kier molecular flexibility index (Phi) is 5.86. The van der Waals surface area contributed by atoms with Crippen LogP contribution in [0.3, 0.4) is 0 Å². The van der Waals surface area contributed by atoms with Gasteiger partial charge in [-0.3, -0.25) is 0 Å². The van der Waals surface area contributed by atoms with Gasteiger partial charge in [-0.05, 0) is 32.6 Å². The standard InChI is InChI=1S/C16H29NO2/c1-3-5-11-18-12-10-17-14-13-15(19-4-2)16(14)8-6-7-9-16/h3,14-15,17H,1,4-13H2,2H3. The molecule has 1 N–H and O–H groups in total. The van der Waals surface area contributed by atoms with Crippen LogP contribution < -0.4 is 5.32 Å². The minimum atomic E-state index is 0.442. The van der Waals surface area contributed by atoms with Crippen LogP contribution in [0, 0.1) is 5.41 Å². The molecule has 0 aromatic heterocycles. The van der Waals surface area contributed by atoms with Gasteiger partial charge in [-0.2, -0.15) is 0 Å². The summed E-state index contributed by atoms with van der Waals surface area (Å²) in [4.78, 5) is 0. The van der Waals surface area contributed by atoms with Crippen molar-refractivity contribution in [3.05, 3.63) is 12.7 Å². The molecular weight excluding hydrogens is 238 g/mol. The lowest BCUT2D eigenvalue weighted by Gasteiger charge is -2.54. The predicted octanol–water partition coefficient (Wildman–Crippen LogP) is 2.91. The zero-order valence-corrected chi connectivity index (χ0v) is 12.3. The maximum atomic E-state index is 5.92. The molecule has 2 saturated carbocycles. The molecule has 3 nitrogen and oxygen atoms in total. The maximum Gasteiger partial charge on any atom is 0.0661 e. The van der Waals surface area contributed by atoms with Gasteiger partial charge >= 0.3 is 0 Å². The van der Waals surface area contributed by atoms with Gasteiger partial charge in [-0.1, -0.05) is 18.9 Å².